The van der Waals surface area contributed by atoms with Crippen LogP contribution in [0.25, 0.3) is 0 Å². The molecule has 3 heteroatoms. The molecule has 0 spiro atoms. The normalized spacial score (nSPS) is 30.5. The lowest BCUT2D eigenvalue weighted by Crippen LogP contribution is -2.53. The van der Waals surface area contributed by atoms with Crippen LogP contribution in [0.4, 0.5) is 0 Å². The van der Waals surface area contributed by atoms with Crippen LogP contribution in [0.3, 0.4) is 0 Å². The van der Waals surface area contributed by atoms with Gasteiger partial charge < -0.3 is 4.74 Å². The van der Waals surface area contributed by atoms with Crippen molar-refractivity contribution in [3.05, 3.63) is 0 Å². The predicted molar refractivity (Wildman–Crippen MR) is 60.0 cm³/mol. The molecule has 0 saturated carbocycles. The average molecular weight is 283 g/mol. The van der Waals surface area contributed by atoms with Gasteiger partial charge >= 0.3 is 0 Å². The van der Waals surface area contributed by atoms with Gasteiger partial charge in [0.15, 0.2) is 0 Å². The van der Waals surface area contributed by atoms with E-state index in [1.54, 1.807) is 0 Å². The van der Waals surface area contributed by atoms with E-state index in [1.807, 2.05) is 0 Å². The van der Waals surface area contributed by atoms with Crippen LogP contribution in [0, 0.1) is 0 Å². The molecule has 1 fully saturated rings. The fraction of sp³-hybridized carbons (Fsp3) is 1.00. The van der Waals surface area contributed by atoms with E-state index < -0.39 is 0 Å². The largest absolute Gasteiger partial charge is 0.373 e. The zero-order valence-electron chi connectivity index (χ0n) is 8.14. The molecule has 0 aromatic carbocycles. The van der Waals surface area contributed by atoms with Gasteiger partial charge in [-0.1, -0.05) is 22.6 Å². The van der Waals surface area contributed by atoms with Crippen LogP contribution in [0.2, 0.25) is 0 Å². The third-order valence-corrected chi connectivity index (χ3v) is 2.78. The van der Waals surface area contributed by atoms with E-state index in [1.165, 1.54) is 11.0 Å². The van der Waals surface area contributed by atoms with Crippen LogP contribution in [0.5, 0.6) is 0 Å². The van der Waals surface area contributed by atoms with E-state index in [0.29, 0.717) is 6.04 Å². The van der Waals surface area contributed by atoms with Crippen LogP contribution >= 0.6 is 22.6 Å². The van der Waals surface area contributed by atoms with Crippen molar-refractivity contribution in [3.63, 3.8) is 0 Å². The number of morpholine rings is 1. The zero-order chi connectivity index (χ0) is 9.19. The van der Waals surface area contributed by atoms with Gasteiger partial charge in [-0.05, 0) is 20.8 Å². The molecule has 0 aliphatic carbocycles. The number of hydrogen-bond acceptors (Lipinski definition) is 2. The molecule has 1 atom stereocenters. The van der Waals surface area contributed by atoms with Gasteiger partial charge in [0.1, 0.15) is 0 Å². The first-order chi connectivity index (χ1) is 5.55. The molecule has 72 valence electrons. The van der Waals surface area contributed by atoms with E-state index in [0.717, 1.165) is 13.2 Å². The van der Waals surface area contributed by atoms with Gasteiger partial charge in [0.05, 0.1) is 12.2 Å². The Morgan fingerprint density at radius 1 is 1.58 bits per heavy atom. The van der Waals surface area contributed by atoms with E-state index >= 15 is 0 Å². The van der Waals surface area contributed by atoms with Crippen molar-refractivity contribution >= 4 is 22.6 Å². The van der Waals surface area contributed by atoms with Crippen molar-refractivity contribution in [3.8, 4) is 0 Å². The summed E-state index contributed by atoms with van der Waals surface area (Å²) >= 11 is 2.43. The predicted octanol–water partition coefficient (Wildman–Crippen LogP) is 1.92. The monoisotopic (exact) mass is 283 g/mol. The molecular weight excluding hydrogens is 265 g/mol. The van der Waals surface area contributed by atoms with Crippen molar-refractivity contribution in [2.45, 2.75) is 32.4 Å². The third-order valence-electron chi connectivity index (χ3n) is 2.29. The van der Waals surface area contributed by atoms with Crippen LogP contribution < -0.4 is 0 Å². The first kappa shape index (κ1) is 10.7. The summed E-state index contributed by atoms with van der Waals surface area (Å²) in [6.07, 6.45) is 0. The maximum Gasteiger partial charge on any atom is 0.0753 e. The molecule has 1 aliphatic rings. The van der Waals surface area contributed by atoms with Gasteiger partial charge in [-0.25, -0.2) is 0 Å². The average Bonchev–Trinajstić information content (AvgIpc) is 1.97. The zero-order valence-corrected chi connectivity index (χ0v) is 10.3. The fourth-order valence-corrected chi connectivity index (χ4v) is 2.17. The fourth-order valence-electron chi connectivity index (χ4n) is 1.55. The summed E-state index contributed by atoms with van der Waals surface area (Å²) in [6.45, 7) is 9.70. The van der Waals surface area contributed by atoms with Gasteiger partial charge in [-0.15, -0.1) is 0 Å². The Balaban J connectivity index is 2.47. The highest BCUT2D eigenvalue weighted by molar-refractivity contribution is 14.1. The molecule has 0 radical (unpaired) electrons. The standard InChI is InChI=1S/C9H18INO/c1-8-6-12-9(2,3)7-11(8)5-4-10/h8H,4-7H2,1-3H3/t8-/m0/s1. The minimum absolute atomic E-state index is 0.0539. The van der Waals surface area contributed by atoms with Gasteiger partial charge in [-0.2, -0.15) is 0 Å². The summed E-state index contributed by atoms with van der Waals surface area (Å²) in [7, 11) is 0. The lowest BCUT2D eigenvalue weighted by molar-refractivity contribution is -0.108. The molecule has 1 aliphatic heterocycles. The molecule has 12 heavy (non-hydrogen) atoms. The van der Waals surface area contributed by atoms with Crippen LogP contribution in [-0.2, 0) is 4.74 Å². The van der Waals surface area contributed by atoms with Crippen LogP contribution in [0.1, 0.15) is 20.8 Å². The highest BCUT2D eigenvalue weighted by Crippen LogP contribution is 2.20. The molecule has 0 amide bonds. The highest BCUT2D eigenvalue weighted by atomic mass is 127. The minimum atomic E-state index is 0.0539. The van der Waals surface area contributed by atoms with E-state index in [4.69, 9.17) is 4.74 Å². The SMILES string of the molecule is C[C@H]1COC(C)(C)CN1CCI. The molecule has 0 aromatic rings. The minimum Gasteiger partial charge on any atom is -0.373 e. The van der Waals surface area contributed by atoms with Crippen molar-refractivity contribution < 1.29 is 4.74 Å². The van der Waals surface area contributed by atoms with E-state index in [9.17, 15) is 0 Å². The smallest absolute Gasteiger partial charge is 0.0753 e. The second kappa shape index (κ2) is 4.24. The molecule has 0 N–H and O–H groups in total. The van der Waals surface area contributed by atoms with E-state index in [2.05, 4.69) is 48.3 Å². The summed E-state index contributed by atoms with van der Waals surface area (Å²) in [6, 6.07) is 0.591. The Kier molecular flexibility index (Phi) is 3.79. The first-order valence-corrected chi connectivity index (χ1v) is 6.02. The third kappa shape index (κ3) is 2.85. The summed E-state index contributed by atoms with van der Waals surface area (Å²) in [4.78, 5) is 2.51. The Hall–Kier alpha value is 0.650. The maximum atomic E-state index is 5.71. The molecule has 2 nitrogen and oxygen atoms in total. The van der Waals surface area contributed by atoms with Crippen molar-refractivity contribution in [2.24, 2.45) is 0 Å². The van der Waals surface area contributed by atoms with Gasteiger partial charge in [0.25, 0.3) is 0 Å². The Morgan fingerprint density at radius 2 is 2.25 bits per heavy atom. The van der Waals surface area contributed by atoms with Crippen LogP contribution in [0.15, 0.2) is 0 Å². The van der Waals surface area contributed by atoms with Gasteiger partial charge in [0.2, 0.25) is 0 Å². The van der Waals surface area contributed by atoms with Crippen LogP contribution in [-0.4, -0.2) is 40.7 Å². The molecule has 0 aromatic heterocycles. The van der Waals surface area contributed by atoms with Gasteiger partial charge in [0, 0.05) is 23.6 Å². The summed E-state index contributed by atoms with van der Waals surface area (Å²) < 4.78 is 6.92. The second-order valence-corrected chi connectivity index (χ2v) is 5.16. The quantitative estimate of drug-likeness (QED) is 0.567. The second-order valence-electron chi connectivity index (χ2n) is 4.08. The van der Waals surface area contributed by atoms with Crippen molar-refractivity contribution in [1.82, 2.24) is 4.90 Å². The molecule has 1 saturated heterocycles. The number of rotatable bonds is 2. The number of ether oxygens (including phenoxy) is 1. The van der Waals surface area contributed by atoms with E-state index in [-0.39, 0.29) is 5.60 Å². The topological polar surface area (TPSA) is 12.5 Å². The number of alkyl halides is 1. The lowest BCUT2D eigenvalue weighted by Gasteiger charge is -2.42. The number of nitrogens with zero attached hydrogens (tertiary/aromatic N) is 1. The Labute approximate surface area is 88.8 Å². The summed E-state index contributed by atoms with van der Waals surface area (Å²) in [5.41, 5.74) is 0.0539. The lowest BCUT2D eigenvalue weighted by atomic mass is 10.1. The number of hydrogen-bond donors (Lipinski definition) is 0. The van der Waals surface area contributed by atoms with Gasteiger partial charge in [-0.3, -0.25) is 4.90 Å². The molecular formula is C9H18INO. The Morgan fingerprint density at radius 3 is 2.83 bits per heavy atom. The summed E-state index contributed by atoms with van der Waals surface area (Å²) in [5, 5.41) is 0. The molecule has 1 heterocycles. The maximum absolute atomic E-state index is 5.71. The molecule has 1 rings (SSSR count). The summed E-state index contributed by atoms with van der Waals surface area (Å²) in [5.74, 6) is 0. The first-order valence-electron chi connectivity index (χ1n) is 4.49. The highest BCUT2D eigenvalue weighted by Gasteiger charge is 2.30. The molecule has 0 bridgehead atoms. The van der Waals surface area contributed by atoms with Crippen molar-refractivity contribution in [1.29, 1.82) is 0 Å². The number of halogens is 1. The molecule has 0 unspecified atom stereocenters. The Bertz CT molecular complexity index is 149. The van der Waals surface area contributed by atoms with Crippen molar-refractivity contribution in [2.75, 3.05) is 24.1 Å².